The van der Waals surface area contributed by atoms with Gasteiger partial charge < -0.3 is 4.90 Å². The molecule has 0 aliphatic carbocycles. The van der Waals surface area contributed by atoms with Crippen molar-refractivity contribution in [2.75, 3.05) is 20.1 Å². The molecule has 0 bridgehead atoms. The molecule has 8 heteroatoms. The lowest BCUT2D eigenvalue weighted by Crippen LogP contribution is -2.29. The van der Waals surface area contributed by atoms with E-state index in [4.69, 9.17) is 0 Å². The first kappa shape index (κ1) is 18.6. The Kier molecular flexibility index (Phi) is 5.62. The predicted molar refractivity (Wildman–Crippen MR) is 102 cm³/mol. The molecule has 1 aromatic heterocycles. The van der Waals surface area contributed by atoms with Crippen molar-refractivity contribution >= 4 is 43.2 Å². The summed E-state index contributed by atoms with van der Waals surface area (Å²) in [6, 6.07) is 8.30. The van der Waals surface area contributed by atoms with Crippen LogP contribution < -0.4 is 0 Å². The number of thiophene rings is 1. The van der Waals surface area contributed by atoms with Gasteiger partial charge in [0.05, 0.1) is 11.4 Å². The first-order valence-electron chi connectivity index (χ1n) is 7.96. The van der Waals surface area contributed by atoms with E-state index in [-0.39, 0.29) is 10.8 Å². The van der Waals surface area contributed by atoms with Gasteiger partial charge in [-0.05, 0) is 53.0 Å². The Morgan fingerprint density at radius 1 is 1.28 bits per heavy atom. The molecule has 1 fully saturated rings. The molecule has 3 rings (SSSR count). The van der Waals surface area contributed by atoms with Gasteiger partial charge in [-0.15, -0.1) is 11.3 Å². The van der Waals surface area contributed by atoms with Gasteiger partial charge in [-0.25, -0.2) is 8.42 Å². The number of halogens is 1. The average molecular weight is 443 g/mol. The SMILES string of the molecule is CN(Cc1cc(Br)cs1)C(=O)c1cccc(S(=O)(=O)N2CCCC2)c1. The van der Waals surface area contributed by atoms with Crippen molar-refractivity contribution in [3.63, 3.8) is 0 Å². The maximum absolute atomic E-state index is 12.7. The first-order valence-corrected chi connectivity index (χ1v) is 11.1. The molecule has 25 heavy (non-hydrogen) atoms. The van der Waals surface area contributed by atoms with E-state index in [0.717, 1.165) is 22.2 Å². The van der Waals surface area contributed by atoms with E-state index < -0.39 is 10.0 Å². The van der Waals surface area contributed by atoms with Crippen molar-refractivity contribution in [3.8, 4) is 0 Å². The van der Waals surface area contributed by atoms with Crippen molar-refractivity contribution < 1.29 is 13.2 Å². The number of hydrogen-bond acceptors (Lipinski definition) is 4. The Labute approximate surface area is 160 Å². The number of carbonyl (C=O) groups excluding carboxylic acids is 1. The van der Waals surface area contributed by atoms with Crippen LogP contribution in [0.3, 0.4) is 0 Å². The minimum Gasteiger partial charge on any atom is -0.337 e. The number of sulfonamides is 1. The molecular formula is C17H19BrN2O3S2. The van der Waals surface area contributed by atoms with Gasteiger partial charge >= 0.3 is 0 Å². The largest absolute Gasteiger partial charge is 0.337 e. The monoisotopic (exact) mass is 442 g/mol. The highest BCUT2D eigenvalue weighted by Crippen LogP contribution is 2.23. The van der Waals surface area contributed by atoms with Gasteiger partial charge in [-0.2, -0.15) is 4.31 Å². The first-order chi connectivity index (χ1) is 11.9. The van der Waals surface area contributed by atoms with Crippen molar-refractivity contribution in [1.29, 1.82) is 0 Å². The fourth-order valence-electron chi connectivity index (χ4n) is 2.83. The van der Waals surface area contributed by atoms with Crippen LogP contribution in [0.4, 0.5) is 0 Å². The lowest BCUT2D eigenvalue weighted by Gasteiger charge is -2.18. The predicted octanol–water partition coefficient (Wildman–Crippen LogP) is 3.57. The number of benzene rings is 1. The molecule has 1 saturated heterocycles. The zero-order chi connectivity index (χ0) is 18.0. The summed E-state index contributed by atoms with van der Waals surface area (Å²) >= 11 is 4.97. The van der Waals surface area contributed by atoms with Crippen LogP contribution in [0.25, 0.3) is 0 Å². The van der Waals surface area contributed by atoms with Crippen LogP contribution >= 0.6 is 27.3 Å². The van der Waals surface area contributed by atoms with Crippen LogP contribution in [-0.4, -0.2) is 43.7 Å². The Morgan fingerprint density at radius 3 is 2.64 bits per heavy atom. The standard InChI is InChI=1S/C17H19BrN2O3S2/c1-19(11-15-10-14(18)12-24-15)17(21)13-5-4-6-16(9-13)25(22,23)20-7-2-3-8-20/h4-6,9-10,12H,2-3,7-8,11H2,1H3. The van der Waals surface area contributed by atoms with Gasteiger partial charge in [-0.1, -0.05) is 6.07 Å². The minimum absolute atomic E-state index is 0.188. The number of hydrogen-bond donors (Lipinski definition) is 0. The molecule has 1 aliphatic heterocycles. The van der Waals surface area contributed by atoms with E-state index >= 15 is 0 Å². The zero-order valence-corrected chi connectivity index (χ0v) is 17.0. The van der Waals surface area contributed by atoms with Crippen LogP contribution in [0.1, 0.15) is 28.1 Å². The van der Waals surface area contributed by atoms with Crippen molar-refractivity contribution in [2.45, 2.75) is 24.3 Å². The summed E-state index contributed by atoms with van der Waals surface area (Å²) in [6.07, 6.45) is 1.77. The lowest BCUT2D eigenvalue weighted by molar-refractivity contribution is 0.0786. The molecule has 0 N–H and O–H groups in total. The molecule has 0 radical (unpaired) electrons. The number of nitrogens with zero attached hydrogens (tertiary/aromatic N) is 2. The number of rotatable bonds is 5. The third-order valence-electron chi connectivity index (χ3n) is 4.15. The molecule has 0 atom stereocenters. The highest BCUT2D eigenvalue weighted by atomic mass is 79.9. The maximum atomic E-state index is 12.7. The summed E-state index contributed by atoms with van der Waals surface area (Å²) in [5.74, 6) is -0.192. The summed E-state index contributed by atoms with van der Waals surface area (Å²) < 4.78 is 27.8. The highest BCUT2D eigenvalue weighted by Gasteiger charge is 2.27. The Balaban J connectivity index is 1.79. The van der Waals surface area contributed by atoms with E-state index in [9.17, 15) is 13.2 Å². The third-order valence-corrected chi connectivity index (χ3v) is 7.72. The second-order valence-corrected chi connectivity index (χ2v) is 9.88. The van der Waals surface area contributed by atoms with Crippen LogP contribution in [-0.2, 0) is 16.6 Å². The molecule has 134 valence electrons. The van der Waals surface area contributed by atoms with Crippen LogP contribution in [0.15, 0.2) is 45.1 Å². The van der Waals surface area contributed by atoms with Crippen LogP contribution in [0.5, 0.6) is 0 Å². The molecule has 1 aromatic carbocycles. The molecule has 2 heterocycles. The maximum Gasteiger partial charge on any atom is 0.253 e. The fraction of sp³-hybridized carbons (Fsp3) is 0.353. The van der Waals surface area contributed by atoms with Gasteiger partial charge in [0.1, 0.15) is 0 Å². The molecule has 0 spiro atoms. The second-order valence-electron chi connectivity index (χ2n) is 6.03. The Morgan fingerprint density at radius 2 is 2.00 bits per heavy atom. The molecule has 1 aliphatic rings. The Bertz CT molecular complexity index is 874. The summed E-state index contributed by atoms with van der Waals surface area (Å²) in [5, 5.41) is 1.97. The minimum atomic E-state index is -3.52. The normalized spacial score (nSPS) is 15.4. The Hall–Kier alpha value is -1.22. The number of amides is 1. The third kappa shape index (κ3) is 4.13. The summed E-state index contributed by atoms with van der Waals surface area (Å²) in [7, 11) is -1.80. The van der Waals surface area contributed by atoms with Gasteiger partial charge in [0, 0.05) is 40.4 Å². The van der Waals surface area contributed by atoms with Crippen LogP contribution in [0.2, 0.25) is 0 Å². The second kappa shape index (κ2) is 7.57. The molecule has 0 unspecified atom stereocenters. The van der Waals surface area contributed by atoms with Crippen LogP contribution in [0, 0.1) is 0 Å². The quantitative estimate of drug-likeness (QED) is 0.710. The van der Waals surface area contributed by atoms with E-state index in [1.807, 2.05) is 11.4 Å². The van der Waals surface area contributed by atoms with Gasteiger partial charge in [0.15, 0.2) is 0 Å². The smallest absolute Gasteiger partial charge is 0.253 e. The van der Waals surface area contributed by atoms with Crippen molar-refractivity contribution in [2.24, 2.45) is 0 Å². The topological polar surface area (TPSA) is 57.7 Å². The van der Waals surface area contributed by atoms with Gasteiger partial charge in [-0.3, -0.25) is 4.79 Å². The van der Waals surface area contributed by atoms with E-state index in [1.54, 1.807) is 41.5 Å². The fourth-order valence-corrected chi connectivity index (χ4v) is 5.90. The van der Waals surface area contributed by atoms with E-state index in [2.05, 4.69) is 15.9 Å². The van der Waals surface area contributed by atoms with Gasteiger partial charge in [0.2, 0.25) is 10.0 Å². The molecule has 2 aromatic rings. The average Bonchev–Trinajstić information content (AvgIpc) is 3.26. The van der Waals surface area contributed by atoms with Gasteiger partial charge in [0.25, 0.3) is 5.91 Å². The zero-order valence-electron chi connectivity index (χ0n) is 13.8. The summed E-state index contributed by atoms with van der Waals surface area (Å²) in [6.45, 7) is 1.58. The van der Waals surface area contributed by atoms with Crippen molar-refractivity contribution in [3.05, 3.63) is 50.6 Å². The molecule has 5 nitrogen and oxygen atoms in total. The number of carbonyl (C=O) groups is 1. The summed E-state index contributed by atoms with van der Waals surface area (Å²) in [4.78, 5) is 15.5. The molecule has 0 saturated carbocycles. The lowest BCUT2D eigenvalue weighted by atomic mass is 10.2. The molecule has 1 amide bonds. The van der Waals surface area contributed by atoms with E-state index in [1.165, 1.54) is 10.4 Å². The highest BCUT2D eigenvalue weighted by molar-refractivity contribution is 9.10. The van der Waals surface area contributed by atoms with E-state index in [0.29, 0.717) is 25.2 Å². The van der Waals surface area contributed by atoms with Crippen molar-refractivity contribution in [1.82, 2.24) is 9.21 Å². The summed E-state index contributed by atoms with van der Waals surface area (Å²) in [5.41, 5.74) is 0.387. The molecular weight excluding hydrogens is 424 g/mol.